The largest absolute Gasteiger partial charge is 0.326 e. The molecule has 2 aromatic carbocycles. The highest BCUT2D eigenvalue weighted by Crippen LogP contribution is 2.29. The Morgan fingerprint density at radius 3 is 2.71 bits per heavy atom. The summed E-state index contributed by atoms with van der Waals surface area (Å²) in [5, 5.41) is 6.49. The number of anilines is 1. The van der Waals surface area contributed by atoms with Crippen molar-refractivity contribution in [2.45, 2.75) is 25.8 Å². The second kappa shape index (κ2) is 6.10. The highest BCUT2D eigenvalue weighted by atomic mass is 16.1. The van der Waals surface area contributed by atoms with Crippen LogP contribution in [-0.2, 0) is 11.2 Å². The quantitative estimate of drug-likeness (QED) is 0.882. The number of fused-ring (bicyclic) bond motifs is 1. The topological polar surface area (TPSA) is 41.1 Å². The Labute approximate surface area is 125 Å². The summed E-state index contributed by atoms with van der Waals surface area (Å²) in [4.78, 5) is 11.5. The number of hydrogen-bond acceptors (Lipinski definition) is 2. The maximum atomic E-state index is 11.5. The highest BCUT2D eigenvalue weighted by Gasteiger charge is 2.20. The average molecular weight is 280 g/mol. The standard InChI is InChI=1S/C18H20N2O/c1-2-10-19-18(13-6-4-3-5-7-13)14-8-9-16-15(11-14)12-17(21)20-16/h3-9,11,18-19H,2,10,12H2,1H3,(H,20,21). The van der Waals surface area contributed by atoms with Crippen LogP contribution in [-0.4, -0.2) is 12.5 Å². The Morgan fingerprint density at radius 1 is 1.14 bits per heavy atom. The first-order valence-corrected chi connectivity index (χ1v) is 7.49. The maximum absolute atomic E-state index is 11.5. The third-order valence-electron chi connectivity index (χ3n) is 3.82. The molecule has 0 saturated carbocycles. The van der Waals surface area contributed by atoms with Crippen LogP contribution in [0.15, 0.2) is 48.5 Å². The van der Waals surface area contributed by atoms with Crippen molar-refractivity contribution in [1.29, 1.82) is 0 Å². The number of hydrogen-bond donors (Lipinski definition) is 2. The minimum absolute atomic E-state index is 0.0833. The van der Waals surface area contributed by atoms with Gasteiger partial charge < -0.3 is 10.6 Å². The molecule has 0 bridgehead atoms. The second-order valence-electron chi connectivity index (χ2n) is 5.44. The van der Waals surface area contributed by atoms with E-state index in [0.717, 1.165) is 24.2 Å². The first kappa shape index (κ1) is 13.8. The van der Waals surface area contributed by atoms with Crippen molar-refractivity contribution in [3.63, 3.8) is 0 Å². The molecule has 0 spiro atoms. The van der Waals surface area contributed by atoms with Gasteiger partial charge in [0.2, 0.25) is 5.91 Å². The Hall–Kier alpha value is -2.13. The molecule has 1 aliphatic rings. The Bertz CT molecular complexity index is 637. The number of benzene rings is 2. The van der Waals surface area contributed by atoms with E-state index in [9.17, 15) is 4.79 Å². The van der Waals surface area contributed by atoms with Crippen LogP contribution >= 0.6 is 0 Å². The summed E-state index contributed by atoms with van der Waals surface area (Å²) in [6.07, 6.45) is 1.58. The van der Waals surface area contributed by atoms with Crippen molar-refractivity contribution in [1.82, 2.24) is 5.32 Å². The Morgan fingerprint density at radius 2 is 1.95 bits per heavy atom. The van der Waals surface area contributed by atoms with E-state index in [1.54, 1.807) is 0 Å². The maximum Gasteiger partial charge on any atom is 0.228 e. The molecule has 1 atom stereocenters. The van der Waals surface area contributed by atoms with Gasteiger partial charge in [-0.25, -0.2) is 0 Å². The van der Waals surface area contributed by atoms with E-state index in [4.69, 9.17) is 0 Å². The number of nitrogens with one attached hydrogen (secondary N) is 2. The zero-order valence-corrected chi connectivity index (χ0v) is 12.2. The van der Waals surface area contributed by atoms with Crippen LogP contribution in [0.25, 0.3) is 0 Å². The van der Waals surface area contributed by atoms with E-state index in [0.29, 0.717) is 6.42 Å². The van der Waals surface area contributed by atoms with Gasteiger partial charge in [-0.1, -0.05) is 49.4 Å². The van der Waals surface area contributed by atoms with E-state index in [1.165, 1.54) is 11.1 Å². The second-order valence-corrected chi connectivity index (χ2v) is 5.44. The van der Waals surface area contributed by atoms with Gasteiger partial charge in [0.25, 0.3) is 0 Å². The lowest BCUT2D eigenvalue weighted by Crippen LogP contribution is -2.23. The fourth-order valence-electron chi connectivity index (χ4n) is 2.79. The molecule has 1 amide bonds. The number of carbonyl (C=O) groups excluding carboxylic acids is 1. The zero-order valence-electron chi connectivity index (χ0n) is 12.2. The van der Waals surface area contributed by atoms with Gasteiger partial charge in [-0.3, -0.25) is 4.79 Å². The molecule has 0 radical (unpaired) electrons. The molecule has 0 aromatic heterocycles. The molecule has 0 aliphatic carbocycles. The van der Waals surface area contributed by atoms with Crippen molar-refractivity contribution in [3.05, 3.63) is 65.2 Å². The SMILES string of the molecule is CCCNC(c1ccccc1)c1ccc2c(c1)CC(=O)N2. The molecule has 3 nitrogen and oxygen atoms in total. The minimum Gasteiger partial charge on any atom is -0.326 e. The van der Waals surface area contributed by atoms with Gasteiger partial charge in [0, 0.05) is 5.69 Å². The Kier molecular flexibility index (Phi) is 4.02. The summed E-state index contributed by atoms with van der Waals surface area (Å²) in [7, 11) is 0. The van der Waals surface area contributed by atoms with Crippen molar-refractivity contribution in [2.24, 2.45) is 0 Å². The van der Waals surface area contributed by atoms with Gasteiger partial charge in [-0.2, -0.15) is 0 Å². The predicted octanol–water partition coefficient (Wildman–Crippen LogP) is 3.27. The van der Waals surface area contributed by atoms with Gasteiger partial charge >= 0.3 is 0 Å². The van der Waals surface area contributed by atoms with E-state index < -0.39 is 0 Å². The van der Waals surface area contributed by atoms with Gasteiger partial charge in [0.05, 0.1) is 12.5 Å². The molecule has 1 heterocycles. The summed E-state index contributed by atoms with van der Waals surface area (Å²) >= 11 is 0. The molecule has 1 unspecified atom stereocenters. The molecule has 3 rings (SSSR count). The van der Waals surface area contributed by atoms with Crippen LogP contribution in [0.2, 0.25) is 0 Å². The van der Waals surface area contributed by atoms with E-state index in [2.05, 4.69) is 54.0 Å². The third kappa shape index (κ3) is 2.98. The van der Waals surface area contributed by atoms with Crippen molar-refractivity contribution >= 4 is 11.6 Å². The molecule has 1 aliphatic heterocycles. The van der Waals surface area contributed by atoms with Crippen LogP contribution in [0.3, 0.4) is 0 Å². The minimum atomic E-state index is 0.0833. The van der Waals surface area contributed by atoms with Crippen LogP contribution in [0.1, 0.15) is 36.1 Å². The summed E-state index contributed by atoms with van der Waals surface area (Å²) in [6.45, 7) is 3.13. The number of rotatable bonds is 5. The monoisotopic (exact) mass is 280 g/mol. The van der Waals surface area contributed by atoms with Gasteiger partial charge in [0.1, 0.15) is 0 Å². The van der Waals surface area contributed by atoms with Crippen LogP contribution in [0, 0.1) is 0 Å². The first-order chi connectivity index (χ1) is 10.3. The van der Waals surface area contributed by atoms with Crippen LogP contribution in [0.5, 0.6) is 0 Å². The van der Waals surface area contributed by atoms with Crippen molar-refractivity contribution in [2.75, 3.05) is 11.9 Å². The molecule has 108 valence electrons. The van der Waals surface area contributed by atoms with Gasteiger partial charge in [-0.05, 0) is 35.7 Å². The highest BCUT2D eigenvalue weighted by molar-refractivity contribution is 5.99. The fraction of sp³-hybridized carbons (Fsp3) is 0.278. The molecule has 21 heavy (non-hydrogen) atoms. The number of amides is 1. The summed E-state index contributed by atoms with van der Waals surface area (Å²) in [6, 6.07) is 16.9. The smallest absolute Gasteiger partial charge is 0.228 e. The number of carbonyl (C=O) groups is 1. The lowest BCUT2D eigenvalue weighted by Gasteiger charge is -2.20. The molecule has 0 fully saturated rings. The molecular weight excluding hydrogens is 260 g/mol. The predicted molar refractivity (Wildman–Crippen MR) is 85.4 cm³/mol. The lowest BCUT2D eigenvalue weighted by molar-refractivity contribution is -0.115. The molecule has 2 aromatic rings. The molecule has 0 saturated heterocycles. The van der Waals surface area contributed by atoms with Gasteiger partial charge in [-0.15, -0.1) is 0 Å². The molecule has 3 heteroatoms. The fourth-order valence-corrected chi connectivity index (χ4v) is 2.79. The molecule has 2 N–H and O–H groups in total. The lowest BCUT2D eigenvalue weighted by atomic mass is 9.96. The average Bonchev–Trinajstić information content (AvgIpc) is 2.88. The summed E-state index contributed by atoms with van der Waals surface area (Å²) < 4.78 is 0. The van der Waals surface area contributed by atoms with Crippen LogP contribution in [0.4, 0.5) is 5.69 Å². The summed E-state index contributed by atoms with van der Waals surface area (Å²) in [5.41, 5.74) is 4.51. The van der Waals surface area contributed by atoms with Crippen molar-refractivity contribution < 1.29 is 4.79 Å². The third-order valence-corrected chi connectivity index (χ3v) is 3.82. The molecular formula is C18H20N2O. The Balaban J connectivity index is 1.93. The van der Waals surface area contributed by atoms with Crippen molar-refractivity contribution in [3.8, 4) is 0 Å². The van der Waals surface area contributed by atoms with Gasteiger partial charge in [0.15, 0.2) is 0 Å². The van der Waals surface area contributed by atoms with E-state index in [-0.39, 0.29) is 11.9 Å². The van der Waals surface area contributed by atoms with E-state index in [1.807, 2.05) is 12.1 Å². The normalized spacial score (nSPS) is 14.6. The zero-order chi connectivity index (χ0) is 14.7. The summed E-state index contributed by atoms with van der Waals surface area (Å²) in [5.74, 6) is 0.0833. The first-order valence-electron chi connectivity index (χ1n) is 7.49. The van der Waals surface area contributed by atoms with E-state index >= 15 is 0 Å². The van der Waals surface area contributed by atoms with Crippen LogP contribution < -0.4 is 10.6 Å².